The molecule has 0 bridgehead atoms. The van der Waals surface area contributed by atoms with Gasteiger partial charge in [-0.3, -0.25) is 19.4 Å². The number of carbonyl (C=O) groups is 2. The van der Waals surface area contributed by atoms with Crippen LogP contribution in [0.4, 0.5) is 10.1 Å². The highest BCUT2D eigenvalue weighted by atomic mass is 19.1. The van der Waals surface area contributed by atoms with Gasteiger partial charge < -0.3 is 10.6 Å². The van der Waals surface area contributed by atoms with Gasteiger partial charge in [0.15, 0.2) is 0 Å². The fourth-order valence-corrected chi connectivity index (χ4v) is 3.79. The number of piperazine rings is 1. The molecule has 0 spiro atoms. The second kappa shape index (κ2) is 11.6. The van der Waals surface area contributed by atoms with E-state index in [0.717, 1.165) is 19.5 Å². The number of hydrogen-bond donors (Lipinski definition) is 2. The van der Waals surface area contributed by atoms with Crippen LogP contribution in [0.1, 0.15) is 24.8 Å². The zero-order chi connectivity index (χ0) is 22.1. The summed E-state index contributed by atoms with van der Waals surface area (Å²) in [6, 6.07) is 16.1. The Morgan fingerprint density at radius 3 is 2.19 bits per heavy atom. The van der Waals surface area contributed by atoms with Crippen molar-refractivity contribution in [1.29, 1.82) is 0 Å². The van der Waals surface area contributed by atoms with Crippen LogP contribution in [0.15, 0.2) is 54.6 Å². The Morgan fingerprint density at radius 2 is 1.58 bits per heavy atom. The van der Waals surface area contributed by atoms with Crippen LogP contribution in [0, 0.1) is 5.82 Å². The van der Waals surface area contributed by atoms with Crippen molar-refractivity contribution in [3.63, 3.8) is 0 Å². The number of hydrogen-bond acceptors (Lipinski definition) is 4. The van der Waals surface area contributed by atoms with E-state index < -0.39 is 0 Å². The SMILES string of the molecule is CC[C@@H](CNC(=O)CN1CCN(CC(=O)Nc2cccc(F)c2)CC1)c1ccccc1. The first-order valence-electron chi connectivity index (χ1n) is 10.8. The van der Waals surface area contributed by atoms with Crippen molar-refractivity contribution in [3.8, 4) is 0 Å². The molecule has 31 heavy (non-hydrogen) atoms. The predicted octanol–water partition coefficient (Wildman–Crippen LogP) is 2.69. The fraction of sp³-hybridized carbons (Fsp3) is 0.417. The first kappa shape index (κ1) is 22.9. The molecule has 2 N–H and O–H groups in total. The summed E-state index contributed by atoms with van der Waals surface area (Å²) in [6.07, 6.45) is 0.973. The number of halogens is 1. The fourth-order valence-electron chi connectivity index (χ4n) is 3.79. The maximum absolute atomic E-state index is 13.2. The molecular weight excluding hydrogens is 395 g/mol. The van der Waals surface area contributed by atoms with Crippen LogP contribution in [0.3, 0.4) is 0 Å². The lowest BCUT2D eigenvalue weighted by atomic mass is 9.96. The van der Waals surface area contributed by atoms with Gasteiger partial charge in [0.25, 0.3) is 0 Å². The maximum Gasteiger partial charge on any atom is 0.238 e. The zero-order valence-corrected chi connectivity index (χ0v) is 18.0. The molecule has 0 saturated carbocycles. The Morgan fingerprint density at radius 1 is 0.935 bits per heavy atom. The second-order valence-corrected chi connectivity index (χ2v) is 7.93. The molecule has 1 aliphatic heterocycles. The van der Waals surface area contributed by atoms with Crippen molar-refractivity contribution >= 4 is 17.5 Å². The van der Waals surface area contributed by atoms with Crippen LogP contribution in [0.25, 0.3) is 0 Å². The van der Waals surface area contributed by atoms with Crippen LogP contribution in [-0.2, 0) is 9.59 Å². The van der Waals surface area contributed by atoms with Crippen LogP contribution in [0.5, 0.6) is 0 Å². The molecule has 2 aromatic rings. The normalized spacial score (nSPS) is 15.9. The first-order valence-corrected chi connectivity index (χ1v) is 10.8. The summed E-state index contributed by atoms with van der Waals surface area (Å²) in [5.41, 5.74) is 1.71. The van der Waals surface area contributed by atoms with E-state index in [1.165, 1.54) is 17.7 Å². The van der Waals surface area contributed by atoms with Crippen molar-refractivity contribution in [2.75, 3.05) is 51.1 Å². The van der Waals surface area contributed by atoms with Crippen LogP contribution in [-0.4, -0.2) is 67.4 Å². The number of amides is 2. The zero-order valence-electron chi connectivity index (χ0n) is 18.0. The summed E-state index contributed by atoms with van der Waals surface area (Å²) in [4.78, 5) is 28.7. The minimum absolute atomic E-state index is 0.0340. The predicted molar refractivity (Wildman–Crippen MR) is 120 cm³/mol. The van der Waals surface area contributed by atoms with Gasteiger partial charge in [-0.25, -0.2) is 4.39 Å². The molecule has 2 amide bonds. The summed E-state index contributed by atoms with van der Waals surface area (Å²) in [6.45, 7) is 6.29. The number of rotatable bonds is 9. The topological polar surface area (TPSA) is 64.7 Å². The van der Waals surface area contributed by atoms with E-state index in [2.05, 4.69) is 34.6 Å². The van der Waals surface area contributed by atoms with E-state index in [0.29, 0.717) is 37.8 Å². The van der Waals surface area contributed by atoms with E-state index in [4.69, 9.17) is 0 Å². The van der Waals surface area contributed by atoms with E-state index in [-0.39, 0.29) is 24.2 Å². The van der Waals surface area contributed by atoms with E-state index >= 15 is 0 Å². The molecule has 7 heteroatoms. The van der Waals surface area contributed by atoms with Gasteiger partial charge in [-0.05, 0) is 30.2 Å². The Bertz CT molecular complexity index is 854. The first-order chi connectivity index (χ1) is 15.0. The third-order valence-corrected chi connectivity index (χ3v) is 5.62. The molecule has 1 saturated heterocycles. The molecule has 0 aromatic heterocycles. The highest BCUT2D eigenvalue weighted by Gasteiger charge is 2.21. The molecule has 2 aromatic carbocycles. The summed E-state index contributed by atoms with van der Waals surface area (Å²) < 4.78 is 13.2. The molecule has 1 atom stereocenters. The second-order valence-electron chi connectivity index (χ2n) is 7.93. The van der Waals surface area contributed by atoms with Gasteiger partial charge in [0.1, 0.15) is 5.82 Å². The lowest BCUT2D eigenvalue weighted by Gasteiger charge is -2.33. The lowest BCUT2D eigenvalue weighted by molar-refractivity contribution is -0.123. The number of benzene rings is 2. The maximum atomic E-state index is 13.2. The van der Waals surface area contributed by atoms with E-state index in [9.17, 15) is 14.0 Å². The number of anilines is 1. The third kappa shape index (κ3) is 7.45. The number of carbonyl (C=O) groups excluding carboxylic acids is 2. The van der Waals surface area contributed by atoms with Gasteiger partial charge in [-0.2, -0.15) is 0 Å². The Balaban J connectivity index is 1.35. The Hall–Kier alpha value is -2.77. The summed E-state index contributed by atoms with van der Waals surface area (Å²) in [5.74, 6) is -0.188. The molecule has 1 fully saturated rings. The Labute approximate surface area is 183 Å². The Kier molecular flexibility index (Phi) is 8.55. The van der Waals surface area contributed by atoms with Crippen LogP contribution in [0.2, 0.25) is 0 Å². The number of nitrogens with zero attached hydrogens (tertiary/aromatic N) is 2. The van der Waals surface area contributed by atoms with E-state index in [1.807, 2.05) is 23.1 Å². The van der Waals surface area contributed by atoms with Gasteiger partial charge in [0.05, 0.1) is 13.1 Å². The monoisotopic (exact) mass is 426 g/mol. The summed E-state index contributed by atoms with van der Waals surface area (Å²) in [5, 5.41) is 5.79. The quantitative estimate of drug-likeness (QED) is 0.647. The largest absolute Gasteiger partial charge is 0.354 e. The highest BCUT2D eigenvalue weighted by Crippen LogP contribution is 2.18. The molecule has 3 rings (SSSR count). The smallest absolute Gasteiger partial charge is 0.238 e. The molecule has 6 nitrogen and oxygen atoms in total. The van der Waals surface area contributed by atoms with Crippen LogP contribution < -0.4 is 10.6 Å². The summed E-state index contributed by atoms with van der Waals surface area (Å²) >= 11 is 0. The number of nitrogens with one attached hydrogen (secondary N) is 2. The molecule has 0 unspecified atom stereocenters. The molecule has 166 valence electrons. The highest BCUT2D eigenvalue weighted by molar-refractivity contribution is 5.92. The third-order valence-electron chi connectivity index (χ3n) is 5.62. The average Bonchev–Trinajstić information content (AvgIpc) is 2.76. The standard InChI is InChI=1S/C24H31FN4O2/c1-2-19(20-7-4-3-5-8-20)16-26-23(30)17-28-11-13-29(14-12-28)18-24(31)27-22-10-6-9-21(25)15-22/h3-10,15,19H,2,11-14,16-18H2,1H3,(H,26,30)(H,27,31)/t19-/m0/s1. The molecule has 1 heterocycles. The minimum atomic E-state index is -0.376. The minimum Gasteiger partial charge on any atom is -0.354 e. The summed E-state index contributed by atoms with van der Waals surface area (Å²) in [7, 11) is 0. The van der Waals surface area contributed by atoms with Crippen molar-refractivity contribution in [1.82, 2.24) is 15.1 Å². The van der Waals surface area contributed by atoms with Crippen molar-refractivity contribution < 1.29 is 14.0 Å². The van der Waals surface area contributed by atoms with Crippen molar-refractivity contribution in [2.45, 2.75) is 19.3 Å². The van der Waals surface area contributed by atoms with Crippen LogP contribution >= 0.6 is 0 Å². The average molecular weight is 427 g/mol. The molecule has 1 aliphatic rings. The lowest BCUT2D eigenvalue weighted by Crippen LogP contribution is -2.51. The van der Waals surface area contributed by atoms with Gasteiger partial charge >= 0.3 is 0 Å². The van der Waals surface area contributed by atoms with E-state index in [1.54, 1.807) is 12.1 Å². The van der Waals surface area contributed by atoms with Crippen molar-refractivity contribution in [3.05, 3.63) is 66.0 Å². The molecule has 0 aliphatic carbocycles. The van der Waals surface area contributed by atoms with Gasteiger partial charge in [-0.1, -0.05) is 43.3 Å². The van der Waals surface area contributed by atoms with Crippen molar-refractivity contribution in [2.24, 2.45) is 0 Å². The van der Waals surface area contributed by atoms with Gasteiger partial charge in [0, 0.05) is 44.3 Å². The van der Waals surface area contributed by atoms with Gasteiger partial charge in [0.2, 0.25) is 11.8 Å². The molecular formula is C24H31FN4O2. The molecule has 0 radical (unpaired) electrons. The van der Waals surface area contributed by atoms with Gasteiger partial charge in [-0.15, -0.1) is 0 Å².